The van der Waals surface area contributed by atoms with E-state index in [2.05, 4.69) is 0 Å². The van der Waals surface area contributed by atoms with E-state index in [1.54, 1.807) is 26.0 Å². The average Bonchev–Trinajstić information content (AvgIpc) is 2.31. The highest BCUT2D eigenvalue weighted by molar-refractivity contribution is 5.70. The fourth-order valence-corrected chi connectivity index (χ4v) is 2.29. The van der Waals surface area contributed by atoms with Gasteiger partial charge in [0.15, 0.2) is 0 Å². The van der Waals surface area contributed by atoms with Crippen molar-refractivity contribution in [3.05, 3.63) is 35.1 Å². The first-order valence-corrected chi connectivity index (χ1v) is 6.92. The first-order chi connectivity index (χ1) is 9.25. The van der Waals surface area contributed by atoms with Crippen molar-refractivity contribution in [1.29, 1.82) is 0 Å². The minimum absolute atomic E-state index is 0.208. The summed E-state index contributed by atoms with van der Waals surface area (Å²) in [6.45, 7) is 7.87. The Morgan fingerprint density at radius 1 is 1.45 bits per heavy atom. The van der Waals surface area contributed by atoms with Gasteiger partial charge in [-0.05, 0) is 42.9 Å². The van der Waals surface area contributed by atoms with Gasteiger partial charge in [-0.1, -0.05) is 26.0 Å². The van der Waals surface area contributed by atoms with Gasteiger partial charge in [-0.2, -0.15) is 0 Å². The lowest BCUT2D eigenvalue weighted by molar-refractivity contribution is -0.145. The molecule has 0 bridgehead atoms. The first-order valence-electron chi connectivity index (χ1n) is 6.92. The Balaban J connectivity index is 2.70. The zero-order chi connectivity index (χ0) is 15.3. The number of carbonyl (C=O) groups excluding carboxylic acids is 1. The number of benzene rings is 1. The number of hydrogen-bond acceptors (Lipinski definition) is 3. The van der Waals surface area contributed by atoms with Crippen LogP contribution in [0.15, 0.2) is 18.2 Å². The Bertz CT molecular complexity index is 472. The van der Waals surface area contributed by atoms with E-state index in [1.165, 1.54) is 6.07 Å². The van der Waals surface area contributed by atoms with E-state index >= 15 is 0 Å². The molecule has 1 aromatic carbocycles. The topological polar surface area (TPSA) is 52.3 Å². The predicted molar refractivity (Wildman–Crippen MR) is 77.7 cm³/mol. The molecule has 4 heteroatoms. The zero-order valence-corrected chi connectivity index (χ0v) is 12.7. The number of hydrogen-bond donors (Lipinski definition) is 1. The fourth-order valence-electron chi connectivity index (χ4n) is 2.29. The molecule has 0 spiro atoms. The van der Waals surface area contributed by atoms with Gasteiger partial charge < -0.3 is 10.5 Å². The lowest BCUT2D eigenvalue weighted by Gasteiger charge is -2.27. The molecule has 3 nitrogen and oxygen atoms in total. The molecule has 2 N–H and O–H groups in total. The molecule has 20 heavy (non-hydrogen) atoms. The highest BCUT2D eigenvalue weighted by Crippen LogP contribution is 2.32. The molecular formula is C16H24FNO2. The molecule has 0 fully saturated rings. The summed E-state index contributed by atoms with van der Waals surface area (Å²) in [5, 5.41) is 0. The summed E-state index contributed by atoms with van der Waals surface area (Å²) < 4.78 is 18.2. The van der Waals surface area contributed by atoms with Crippen LogP contribution in [-0.2, 0) is 9.53 Å². The van der Waals surface area contributed by atoms with Crippen molar-refractivity contribution >= 4 is 5.97 Å². The van der Waals surface area contributed by atoms with Crippen LogP contribution in [0.4, 0.5) is 4.39 Å². The van der Waals surface area contributed by atoms with Crippen molar-refractivity contribution in [3.8, 4) is 0 Å². The second-order valence-electron chi connectivity index (χ2n) is 5.97. The van der Waals surface area contributed by atoms with Crippen LogP contribution in [0.5, 0.6) is 0 Å². The molecule has 1 aromatic rings. The van der Waals surface area contributed by atoms with Gasteiger partial charge in [0, 0.05) is 6.04 Å². The van der Waals surface area contributed by atoms with Crippen LogP contribution < -0.4 is 5.73 Å². The molecule has 0 saturated carbocycles. The lowest BCUT2D eigenvalue weighted by Crippen LogP contribution is -2.25. The van der Waals surface area contributed by atoms with Crippen molar-refractivity contribution in [3.63, 3.8) is 0 Å². The van der Waals surface area contributed by atoms with Crippen LogP contribution in [0, 0.1) is 18.2 Å². The highest BCUT2D eigenvalue weighted by Gasteiger charge is 2.26. The highest BCUT2D eigenvalue weighted by atomic mass is 19.1. The van der Waals surface area contributed by atoms with Gasteiger partial charge in [0.2, 0.25) is 0 Å². The summed E-state index contributed by atoms with van der Waals surface area (Å²) in [5.74, 6) is -0.438. The standard InChI is InChI=1S/C16H24FNO2/c1-5-20-15(19)10-16(3,4)9-14(18)12-6-7-13(17)11(2)8-12/h6-8,14H,5,9-10,18H2,1-4H3. The maximum Gasteiger partial charge on any atom is 0.306 e. The van der Waals surface area contributed by atoms with Gasteiger partial charge in [0.1, 0.15) is 5.82 Å². The normalized spacial score (nSPS) is 13.1. The number of nitrogens with two attached hydrogens (primary N) is 1. The van der Waals surface area contributed by atoms with E-state index in [-0.39, 0.29) is 23.2 Å². The van der Waals surface area contributed by atoms with Gasteiger partial charge in [0.25, 0.3) is 0 Å². The molecule has 0 aliphatic rings. The summed E-state index contributed by atoms with van der Waals surface area (Å²) in [4.78, 5) is 11.6. The number of ether oxygens (including phenoxy) is 1. The molecule has 1 rings (SSSR count). The quantitative estimate of drug-likeness (QED) is 0.812. The van der Waals surface area contributed by atoms with E-state index in [1.807, 2.05) is 13.8 Å². The molecule has 0 aromatic heterocycles. The zero-order valence-electron chi connectivity index (χ0n) is 12.7. The van der Waals surface area contributed by atoms with E-state index in [0.717, 1.165) is 5.56 Å². The fraction of sp³-hybridized carbons (Fsp3) is 0.562. The maximum atomic E-state index is 13.3. The Labute approximate surface area is 120 Å². The Morgan fingerprint density at radius 2 is 2.10 bits per heavy atom. The molecule has 1 atom stereocenters. The SMILES string of the molecule is CCOC(=O)CC(C)(C)CC(N)c1ccc(F)c(C)c1. The van der Waals surface area contributed by atoms with Gasteiger partial charge >= 0.3 is 5.97 Å². The Hall–Kier alpha value is -1.42. The van der Waals surface area contributed by atoms with E-state index < -0.39 is 0 Å². The van der Waals surface area contributed by atoms with Crippen LogP contribution >= 0.6 is 0 Å². The minimum atomic E-state index is -0.256. The molecular weight excluding hydrogens is 257 g/mol. The average molecular weight is 281 g/mol. The second-order valence-corrected chi connectivity index (χ2v) is 5.97. The smallest absolute Gasteiger partial charge is 0.306 e. The van der Waals surface area contributed by atoms with Crippen molar-refractivity contribution in [1.82, 2.24) is 0 Å². The maximum absolute atomic E-state index is 13.3. The molecule has 0 radical (unpaired) electrons. The minimum Gasteiger partial charge on any atom is -0.466 e. The second kappa shape index (κ2) is 6.84. The van der Waals surface area contributed by atoms with Crippen LogP contribution in [0.3, 0.4) is 0 Å². The van der Waals surface area contributed by atoms with Gasteiger partial charge in [-0.15, -0.1) is 0 Å². The van der Waals surface area contributed by atoms with Gasteiger partial charge in [-0.25, -0.2) is 4.39 Å². The molecule has 0 heterocycles. The number of carbonyl (C=O) groups is 1. The summed E-state index contributed by atoms with van der Waals surface area (Å²) in [5.41, 5.74) is 7.39. The summed E-state index contributed by atoms with van der Waals surface area (Å²) in [6, 6.07) is 4.68. The van der Waals surface area contributed by atoms with Crippen molar-refractivity contribution < 1.29 is 13.9 Å². The van der Waals surface area contributed by atoms with Crippen molar-refractivity contribution in [2.75, 3.05) is 6.61 Å². The molecule has 0 amide bonds. The van der Waals surface area contributed by atoms with Crippen LogP contribution in [-0.4, -0.2) is 12.6 Å². The van der Waals surface area contributed by atoms with E-state index in [4.69, 9.17) is 10.5 Å². The Kier molecular flexibility index (Phi) is 5.69. The third-order valence-electron chi connectivity index (χ3n) is 3.31. The van der Waals surface area contributed by atoms with Crippen LogP contribution in [0.2, 0.25) is 0 Å². The van der Waals surface area contributed by atoms with Crippen LogP contribution in [0.1, 0.15) is 50.8 Å². The van der Waals surface area contributed by atoms with E-state index in [9.17, 15) is 9.18 Å². The first kappa shape index (κ1) is 16.6. The van der Waals surface area contributed by atoms with Gasteiger partial charge in [0.05, 0.1) is 13.0 Å². The number of esters is 1. The molecule has 1 unspecified atom stereocenters. The van der Waals surface area contributed by atoms with Crippen LogP contribution in [0.25, 0.3) is 0 Å². The molecule has 0 aliphatic heterocycles. The third kappa shape index (κ3) is 4.93. The summed E-state index contributed by atoms with van der Waals surface area (Å²) in [7, 11) is 0. The summed E-state index contributed by atoms with van der Waals surface area (Å²) in [6.07, 6.45) is 0.964. The summed E-state index contributed by atoms with van der Waals surface area (Å²) >= 11 is 0. The molecule has 112 valence electrons. The molecule has 0 aliphatic carbocycles. The number of halogens is 1. The van der Waals surface area contributed by atoms with Gasteiger partial charge in [-0.3, -0.25) is 4.79 Å². The number of aryl methyl sites for hydroxylation is 1. The number of rotatable bonds is 6. The predicted octanol–water partition coefficient (Wildman–Crippen LogP) is 3.50. The lowest BCUT2D eigenvalue weighted by atomic mass is 9.81. The monoisotopic (exact) mass is 281 g/mol. The van der Waals surface area contributed by atoms with Crippen molar-refractivity contribution in [2.24, 2.45) is 11.1 Å². The third-order valence-corrected chi connectivity index (χ3v) is 3.31. The molecule has 0 saturated heterocycles. The van der Waals surface area contributed by atoms with Crippen molar-refractivity contribution in [2.45, 2.75) is 46.6 Å². The largest absolute Gasteiger partial charge is 0.466 e. The van der Waals surface area contributed by atoms with E-state index in [0.29, 0.717) is 25.0 Å². The Morgan fingerprint density at radius 3 is 2.65 bits per heavy atom.